The molecule has 0 saturated carbocycles. The molecule has 200 valence electrons. The van der Waals surface area contributed by atoms with Crippen molar-refractivity contribution in [3.63, 3.8) is 0 Å². The molecule has 3 rings (SSSR count). The fraction of sp³-hybridized carbons (Fsp3) is 0.296. The number of nitrogens with zero attached hydrogens (tertiary/aromatic N) is 3. The van der Waals surface area contributed by atoms with E-state index in [1.807, 2.05) is 12.1 Å². The second kappa shape index (κ2) is 14.6. The van der Waals surface area contributed by atoms with Crippen LogP contribution >= 0.6 is 7.60 Å². The Bertz CT molecular complexity index is 1190. The molecule has 0 aliphatic heterocycles. The molecule has 1 unspecified atom stereocenters. The minimum Gasteiger partial charge on any atom is -0.449 e. The Morgan fingerprint density at radius 3 is 2.03 bits per heavy atom. The van der Waals surface area contributed by atoms with Crippen molar-refractivity contribution in [1.29, 1.82) is 5.53 Å². The van der Waals surface area contributed by atoms with Crippen LogP contribution in [0.15, 0.2) is 90.0 Å². The smallest absolute Gasteiger partial charge is 0.449 e. The maximum absolute atomic E-state index is 14.4. The summed E-state index contributed by atoms with van der Waals surface area (Å²) in [6, 6.07) is 24.0. The highest BCUT2D eigenvalue weighted by Crippen LogP contribution is 2.54. The molecular formula is C27H33N5O5P+. The molecule has 3 aromatic carbocycles. The first kappa shape index (κ1) is 28.4. The van der Waals surface area contributed by atoms with E-state index in [1.54, 1.807) is 79.7 Å². The van der Waals surface area contributed by atoms with Gasteiger partial charge in [-0.3, -0.25) is 4.90 Å². The van der Waals surface area contributed by atoms with Crippen molar-refractivity contribution in [1.82, 2.24) is 4.91 Å². The standard InChI is InChI=1S/C27H33N5O5P/c1-22(38(34,36-25-12-6-4-7-13-25)37-26-14-8-5-9-15-26)32(24-18-16-23(28)17-19-24)27(33)35-21-11-3-2-10-20-30-31-29/h4-9,12-19,22,29H,2-3,10-11,20-21,28H2,1H3/q+1. The normalized spacial score (nSPS) is 11.6. The van der Waals surface area contributed by atoms with Gasteiger partial charge in [0.15, 0.2) is 5.78 Å². The number of unbranched alkanes of at least 4 members (excludes halogenated alkanes) is 3. The molecule has 0 saturated heterocycles. The molecule has 0 fully saturated rings. The zero-order valence-corrected chi connectivity index (χ0v) is 22.2. The van der Waals surface area contributed by atoms with E-state index >= 15 is 0 Å². The summed E-state index contributed by atoms with van der Waals surface area (Å²) in [7, 11) is -4.04. The Balaban J connectivity index is 1.83. The van der Waals surface area contributed by atoms with Gasteiger partial charge in [-0.15, -0.1) is 0 Å². The van der Waals surface area contributed by atoms with Crippen LogP contribution in [-0.2, 0) is 9.30 Å². The van der Waals surface area contributed by atoms with Gasteiger partial charge < -0.3 is 19.5 Å². The van der Waals surface area contributed by atoms with Gasteiger partial charge in [0.1, 0.15) is 28.7 Å². The van der Waals surface area contributed by atoms with Crippen molar-refractivity contribution in [3.8, 4) is 11.5 Å². The third-order valence-electron chi connectivity index (χ3n) is 5.60. The molecule has 1 amide bonds. The van der Waals surface area contributed by atoms with E-state index in [4.69, 9.17) is 25.0 Å². The van der Waals surface area contributed by atoms with Crippen LogP contribution in [0, 0.1) is 5.53 Å². The molecule has 0 radical (unpaired) electrons. The average molecular weight is 539 g/mol. The molecule has 11 heteroatoms. The molecule has 0 bridgehead atoms. The van der Waals surface area contributed by atoms with Crippen molar-refractivity contribution in [2.24, 2.45) is 5.11 Å². The number of hydrogen-bond donors (Lipinski definition) is 2. The number of benzene rings is 3. The van der Waals surface area contributed by atoms with E-state index in [9.17, 15) is 9.36 Å². The van der Waals surface area contributed by atoms with E-state index in [1.165, 1.54) is 4.90 Å². The van der Waals surface area contributed by atoms with Gasteiger partial charge in [0, 0.05) is 11.4 Å². The van der Waals surface area contributed by atoms with Crippen molar-refractivity contribution in [2.45, 2.75) is 38.4 Å². The van der Waals surface area contributed by atoms with Crippen LogP contribution in [-0.4, -0.2) is 25.0 Å². The topological polar surface area (TPSA) is 141 Å². The molecule has 0 aromatic heterocycles. The Morgan fingerprint density at radius 2 is 1.47 bits per heavy atom. The predicted octanol–water partition coefficient (Wildman–Crippen LogP) is 7.02. The van der Waals surface area contributed by atoms with Crippen LogP contribution in [0.5, 0.6) is 11.5 Å². The third-order valence-corrected chi connectivity index (χ3v) is 7.68. The highest BCUT2D eigenvalue weighted by molar-refractivity contribution is 7.55. The van der Waals surface area contributed by atoms with Gasteiger partial charge in [-0.1, -0.05) is 42.8 Å². The summed E-state index contributed by atoms with van der Waals surface area (Å²) in [4.78, 5) is 17.7. The molecular weight excluding hydrogens is 505 g/mol. The maximum atomic E-state index is 14.4. The van der Waals surface area contributed by atoms with Crippen LogP contribution in [0.2, 0.25) is 0 Å². The lowest BCUT2D eigenvalue weighted by molar-refractivity contribution is 0.150. The largest absolute Gasteiger partial charge is 0.453 e. The molecule has 0 aliphatic carbocycles. The molecule has 3 aromatic rings. The maximum Gasteiger partial charge on any atom is 0.453 e. The quantitative estimate of drug-likeness (QED) is 0.0743. The summed E-state index contributed by atoms with van der Waals surface area (Å²) in [5, 5.41) is 3.62. The van der Waals surface area contributed by atoms with E-state index in [0.29, 0.717) is 35.8 Å². The van der Waals surface area contributed by atoms with Crippen LogP contribution < -0.4 is 24.6 Å². The van der Waals surface area contributed by atoms with Gasteiger partial charge >= 0.3 is 13.7 Å². The number of nitrogen functional groups attached to an aromatic ring is 1. The minimum absolute atomic E-state index is 0.181. The summed E-state index contributed by atoms with van der Waals surface area (Å²) < 4.78 is 31.9. The zero-order chi connectivity index (χ0) is 27.2. The molecule has 38 heavy (non-hydrogen) atoms. The molecule has 1 atom stereocenters. The number of amides is 1. The number of hydrogen-bond acceptors (Lipinski definition) is 8. The van der Waals surface area contributed by atoms with Gasteiger partial charge in [-0.2, -0.15) is 0 Å². The molecule has 3 N–H and O–H groups in total. The number of para-hydroxylation sites is 2. The molecule has 0 heterocycles. The Labute approximate surface area is 222 Å². The Kier molecular flexibility index (Phi) is 10.9. The summed E-state index contributed by atoms with van der Waals surface area (Å²) in [5.41, 5.74) is 13.5. The van der Waals surface area contributed by atoms with Crippen LogP contribution in [0.25, 0.3) is 0 Å². The lowest BCUT2D eigenvalue weighted by Crippen LogP contribution is -2.41. The van der Waals surface area contributed by atoms with Crippen LogP contribution in [0.3, 0.4) is 0 Å². The second-order valence-corrected chi connectivity index (χ2v) is 10.6. The first-order valence-electron chi connectivity index (χ1n) is 12.4. The van der Waals surface area contributed by atoms with E-state index in [2.05, 4.69) is 10.0 Å². The Hall–Kier alpha value is -4.13. The number of rotatable bonds is 14. The number of carbonyl (C=O) groups is 1. The molecule has 0 spiro atoms. The summed E-state index contributed by atoms with van der Waals surface area (Å²) >= 11 is 0. The number of ether oxygens (including phenoxy) is 1. The van der Waals surface area contributed by atoms with E-state index < -0.39 is 19.5 Å². The van der Waals surface area contributed by atoms with Gasteiger partial charge in [0.05, 0.1) is 6.61 Å². The van der Waals surface area contributed by atoms with Gasteiger partial charge in [-0.25, -0.2) is 9.36 Å². The first-order chi connectivity index (χ1) is 18.4. The molecule has 10 nitrogen and oxygen atoms in total. The lowest BCUT2D eigenvalue weighted by atomic mass is 10.2. The monoisotopic (exact) mass is 538 g/mol. The number of carbonyl (C=O) groups excluding carboxylic acids is 1. The number of nitrogens with one attached hydrogen (secondary N) is 1. The minimum atomic E-state index is -4.04. The fourth-order valence-corrected chi connectivity index (χ4v) is 5.28. The van der Waals surface area contributed by atoms with Gasteiger partial charge in [0.25, 0.3) is 0 Å². The van der Waals surface area contributed by atoms with Crippen molar-refractivity contribution < 1.29 is 23.1 Å². The van der Waals surface area contributed by atoms with E-state index in [0.717, 1.165) is 19.3 Å². The second-order valence-electron chi connectivity index (χ2n) is 8.44. The van der Waals surface area contributed by atoms with Crippen molar-refractivity contribution >= 4 is 25.1 Å². The SMILES string of the molecule is CC(N(C(=O)OCCCCCCN=[N+]=N)c1ccc(N)cc1)P(=O)(Oc1ccccc1)Oc1ccccc1. The fourth-order valence-electron chi connectivity index (χ4n) is 3.59. The van der Waals surface area contributed by atoms with Gasteiger partial charge in [0.2, 0.25) is 4.91 Å². The Morgan fingerprint density at radius 1 is 0.921 bits per heavy atom. The van der Waals surface area contributed by atoms with Crippen molar-refractivity contribution in [3.05, 3.63) is 84.9 Å². The number of nitrogens with two attached hydrogens (primary N) is 1. The van der Waals surface area contributed by atoms with Crippen molar-refractivity contribution in [2.75, 3.05) is 23.8 Å². The predicted molar refractivity (Wildman–Crippen MR) is 147 cm³/mol. The lowest BCUT2D eigenvalue weighted by Gasteiger charge is -2.33. The van der Waals surface area contributed by atoms with E-state index in [-0.39, 0.29) is 6.61 Å². The summed E-state index contributed by atoms with van der Waals surface area (Å²) in [6.07, 6.45) is 2.47. The number of anilines is 2. The highest BCUT2D eigenvalue weighted by Gasteiger charge is 2.43. The zero-order valence-electron chi connectivity index (χ0n) is 21.3. The average Bonchev–Trinajstić information content (AvgIpc) is 2.92. The first-order valence-corrected chi connectivity index (χ1v) is 14.0. The summed E-state index contributed by atoms with van der Waals surface area (Å²) in [5.74, 6) is -0.377. The van der Waals surface area contributed by atoms with Crippen LogP contribution in [0.1, 0.15) is 32.6 Å². The van der Waals surface area contributed by atoms with Gasteiger partial charge in [-0.05, 0) is 74.7 Å². The summed E-state index contributed by atoms with van der Waals surface area (Å²) in [6.45, 7) is 2.29. The third kappa shape index (κ3) is 8.47. The highest BCUT2D eigenvalue weighted by atomic mass is 31.2. The molecule has 0 aliphatic rings. The van der Waals surface area contributed by atoms with Crippen LogP contribution in [0.4, 0.5) is 16.2 Å².